The lowest BCUT2D eigenvalue weighted by Gasteiger charge is -2.41. The Hall–Kier alpha value is -2.64. The molecule has 0 aromatic heterocycles. The molecule has 13 heteroatoms. The number of piperidine rings is 1. The topological polar surface area (TPSA) is 104 Å². The Morgan fingerprint density at radius 1 is 1.45 bits per heavy atom. The first-order valence-electron chi connectivity index (χ1n) is 12.6. The van der Waals surface area contributed by atoms with Gasteiger partial charge in [0.1, 0.15) is 10.9 Å². The van der Waals surface area contributed by atoms with Crippen LogP contribution in [-0.4, -0.2) is 78.1 Å². The third-order valence-electron chi connectivity index (χ3n) is 6.14. The summed E-state index contributed by atoms with van der Waals surface area (Å²) in [5, 5.41) is 14.5. The van der Waals surface area contributed by atoms with Gasteiger partial charge in [0.15, 0.2) is 5.84 Å². The van der Waals surface area contributed by atoms with E-state index >= 15 is 0 Å². The first-order valence-corrected chi connectivity index (χ1v) is 14.3. The molecule has 0 aliphatic carbocycles. The van der Waals surface area contributed by atoms with Gasteiger partial charge in [-0.15, -0.1) is 0 Å². The number of hydrogen-bond donors (Lipinski definition) is 2. The number of halogens is 4. The van der Waals surface area contributed by atoms with E-state index < -0.39 is 30.3 Å². The summed E-state index contributed by atoms with van der Waals surface area (Å²) in [4.78, 5) is 33.9. The Morgan fingerprint density at radius 3 is 2.73 bits per heavy atom. The third kappa shape index (κ3) is 10.4. The van der Waals surface area contributed by atoms with Crippen LogP contribution < -0.4 is 5.32 Å². The Labute approximate surface area is 245 Å². The van der Waals surface area contributed by atoms with Gasteiger partial charge in [0.2, 0.25) is 0 Å². The highest BCUT2D eigenvalue weighted by molar-refractivity contribution is 9.10. The van der Waals surface area contributed by atoms with Crippen molar-refractivity contribution in [1.29, 1.82) is 0 Å². The Morgan fingerprint density at radius 2 is 2.17 bits per heavy atom. The summed E-state index contributed by atoms with van der Waals surface area (Å²) in [7, 11) is 1.59. The number of aliphatic imine (C=N–C) groups is 2. The Kier molecular flexibility index (Phi) is 13.4. The number of hydrogen-bond acceptors (Lipinski definition) is 8. The number of nitrogens with zero attached hydrogens (tertiary/aromatic N) is 3. The molecule has 2 atom stereocenters. The molecule has 2 N–H and O–H groups in total. The molecule has 1 aromatic carbocycles. The summed E-state index contributed by atoms with van der Waals surface area (Å²) < 4.78 is 46.6. The number of carboxylic acids is 1. The largest absolute Gasteiger partial charge is 0.481 e. The fraction of sp³-hybridized carbons (Fsp3) is 0.481. The fourth-order valence-corrected chi connectivity index (χ4v) is 5.02. The highest BCUT2D eigenvalue weighted by Gasteiger charge is 2.41. The maximum Gasteiger partial charge on any atom is 0.337 e. The average Bonchev–Trinajstić information content (AvgIpc) is 2.88. The van der Waals surface area contributed by atoms with Crippen molar-refractivity contribution in [3.05, 3.63) is 57.8 Å². The van der Waals surface area contributed by atoms with Gasteiger partial charge in [0.25, 0.3) is 5.92 Å². The second kappa shape index (κ2) is 16.0. The molecular formula is C27H34BrF3N4O4S. The molecule has 0 amide bonds. The molecule has 220 valence electrons. The van der Waals surface area contributed by atoms with Gasteiger partial charge >= 0.3 is 11.9 Å². The third-order valence-corrected chi connectivity index (χ3v) is 7.40. The van der Waals surface area contributed by atoms with E-state index in [2.05, 4.69) is 37.8 Å². The van der Waals surface area contributed by atoms with E-state index in [1.165, 1.54) is 23.9 Å². The lowest BCUT2D eigenvalue weighted by atomic mass is 9.91. The summed E-state index contributed by atoms with van der Waals surface area (Å²) in [6, 6.07) is 5.90. The summed E-state index contributed by atoms with van der Waals surface area (Å²) in [6.07, 6.45) is 0.108. The van der Waals surface area contributed by atoms with Crippen LogP contribution in [0.2, 0.25) is 0 Å². The maximum absolute atomic E-state index is 14.3. The Bertz CT molecular complexity index is 1150. The summed E-state index contributed by atoms with van der Waals surface area (Å²) in [5.41, 5.74) is 0.665. The number of amidine groups is 1. The van der Waals surface area contributed by atoms with Crippen molar-refractivity contribution in [2.24, 2.45) is 15.9 Å². The molecule has 2 aliphatic rings. The molecule has 0 radical (unpaired) electrons. The van der Waals surface area contributed by atoms with Crippen molar-refractivity contribution in [3.8, 4) is 0 Å². The zero-order valence-corrected chi connectivity index (χ0v) is 25.0. The van der Waals surface area contributed by atoms with Crippen LogP contribution >= 0.6 is 27.7 Å². The number of carboxylic acid groups (broad SMARTS) is 1. The number of thioether (sulfide) groups is 1. The van der Waals surface area contributed by atoms with E-state index in [0.717, 1.165) is 4.47 Å². The second-order valence-electron chi connectivity index (χ2n) is 9.15. The van der Waals surface area contributed by atoms with Crippen LogP contribution in [0.15, 0.2) is 62.0 Å². The van der Waals surface area contributed by atoms with E-state index in [9.17, 15) is 27.9 Å². The number of benzene rings is 1. The van der Waals surface area contributed by atoms with Crippen LogP contribution in [0.5, 0.6) is 0 Å². The highest BCUT2D eigenvalue weighted by atomic mass is 79.9. The standard InChI is InChI=1S/C21H30F2N4O4S.C6H4BrF/c1-5-31-20(30)15-10-25-17(18(24-4)32-6-2)26-16(15)11-27-12-21(22,23)8-7-14(27)9-13(3)19(28)29;7-5-2-1-3-6(8)4-5/h6,13-14H,2,5,7-12H2,1,3-4H3,(H,25,26)(H,28,29);1-4H. The average molecular weight is 648 g/mol. The van der Waals surface area contributed by atoms with Gasteiger partial charge < -0.3 is 15.2 Å². The molecule has 2 aliphatic heterocycles. The first-order chi connectivity index (χ1) is 18.9. The molecule has 2 heterocycles. The van der Waals surface area contributed by atoms with Gasteiger partial charge in [-0.2, -0.15) is 0 Å². The number of carbonyl (C=O) groups is 2. The van der Waals surface area contributed by atoms with E-state index in [-0.39, 0.29) is 56.4 Å². The van der Waals surface area contributed by atoms with Crippen molar-refractivity contribution >= 4 is 50.5 Å². The van der Waals surface area contributed by atoms with E-state index in [0.29, 0.717) is 16.6 Å². The van der Waals surface area contributed by atoms with Gasteiger partial charge in [0, 0.05) is 36.2 Å². The molecule has 0 bridgehead atoms. The molecular weight excluding hydrogens is 613 g/mol. The minimum absolute atomic E-state index is 0.00944. The normalized spacial score (nSPS) is 19.9. The first kappa shape index (κ1) is 33.6. The van der Waals surface area contributed by atoms with Gasteiger partial charge in [-0.05, 0) is 43.4 Å². The molecule has 8 nitrogen and oxygen atoms in total. The smallest absolute Gasteiger partial charge is 0.337 e. The molecule has 1 saturated heterocycles. The van der Waals surface area contributed by atoms with Gasteiger partial charge in [-0.1, -0.05) is 47.3 Å². The van der Waals surface area contributed by atoms with Crippen LogP contribution in [0.1, 0.15) is 33.1 Å². The fourth-order valence-electron chi connectivity index (χ4n) is 4.16. The number of rotatable bonds is 9. The maximum atomic E-state index is 14.3. The molecule has 0 saturated carbocycles. The highest BCUT2D eigenvalue weighted by Crippen LogP contribution is 2.33. The number of likely N-dealkylation sites (tertiary alicyclic amines) is 1. The molecule has 2 unspecified atom stereocenters. The van der Waals surface area contributed by atoms with Gasteiger partial charge in [0.05, 0.1) is 31.2 Å². The van der Waals surface area contributed by atoms with Crippen molar-refractivity contribution in [2.75, 3.05) is 33.3 Å². The second-order valence-corrected chi connectivity index (χ2v) is 11.0. The monoisotopic (exact) mass is 646 g/mol. The minimum Gasteiger partial charge on any atom is -0.481 e. The molecule has 40 heavy (non-hydrogen) atoms. The minimum atomic E-state index is -2.89. The summed E-state index contributed by atoms with van der Waals surface area (Å²) in [5.74, 6) is -4.90. The van der Waals surface area contributed by atoms with Crippen LogP contribution in [0.25, 0.3) is 0 Å². The van der Waals surface area contributed by atoms with Gasteiger partial charge in [-0.25, -0.2) is 18.0 Å². The zero-order chi connectivity index (χ0) is 29.9. The van der Waals surface area contributed by atoms with Crippen LogP contribution in [-0.2, 0) is 14.3 Å². The van der Waals surface area contributed by atoms with Crippen LogP contribution in [0.4, 0.5) is 13.2 Å². The quantitative estimate of drug-likeness (QED) is 0.207. The van der Waals surface area contributed by atoms with Crippen LogP contribution in [0, 0.1) is 11.7 Å². The number of esters is 1. The summed E-state index contributed by atoms with van der Waals surface area (Å²) >= 11 is 4.37. The molecule has 1 fully saturated rings. The molecule has 3 rings (SSSR count). The number of ether oxygens (including phenoxy) is 1. The predicted molar refractivity (Wildman–Crippen MR) is 155 cm³/mol. The number of nitrogens with one attached hydrogen (secondary N) is 1. The molecule has 0 spiro atoms. The SMILES string of the molecule is C=CSC(=NC)C1=NCC(C(=O)OCC)=C(CN2CC(F)(F)CCC2CC(C)C(=O)O)N1.Fc1cccc(Br)c1. The molecule has 1 aromatic rings. The lowest BCUT2D eigenvalue weighted by Crippen LogP contribution is -2.52. The van der Waals surface area contributed by atoms with Gasteiger partial charge in [-0.3, -0.25) is 19.7 Å². The number of aliphatic carboxylic acids is 1. The Balaban J connectivity index is 0.000000598. The van der Waals surface area contributed by atoms with E-state index in [1.54, 1.807) is 43.3 Å². The van der Waals surface area contributed by atoms with Crippen molar-refractivity contribution in [3.63, 3.8) is 0 Å². The van der Waals surface area contributed by atoms with Crippen molar-refractivity contribution in [1.82, 2.24) is 10.2 Å². The van der Waals surface area contributed by atoms with E-state index in [1.807, 2.05) is 0 Å². The predicted octanol–water partition coefficient (Wildman–Crippen LogP) is 5.51. The number of alkyl halides is 2. The number of carbonyl (C=O) groups excluding carboxylic acids is 1. The van der Waals surface area contributed by atoms with Crippen molar-refractivity contribution in [2.45, 2.75) is 45.1 Å². The van der Waals surface area contributed by atoms with E-state index in [4.69, 9.17) is 4.74 Å². The lowest BCUT2D eigenvalue weighted by molar-refractivity contribution is -0.142. The summed E-state index contributed by atoms with van der Waals surface area (Å²) in [6.45, 7) is 6.59. The van der Waals surface area contributed by atoms with Crippen LogP contribution in [0.3, 0.4) is 0 Å². The zero-order valence-electron chi connectivity index (χ0n) is 22.6. The van der Waals surface area contributed by atoms with Crippen molar-refractivity contribution < 1.29 is 32.6 Å².